The van der Waals surface area contributed by atoms with Crippen LogP contribution in [0, 0.1) is 0 Å². The molecular weight excluding hydrogens is 384 g/mol. The number of carbonyl (C=O) groups excluding carboxylic acids is 1. The molecule has 0 spiro atoms. The Bertz CT molecular complexity index is 835. The van der Waals surface area contributed by atoms with E-state index in [1.165, 1.54) is 31.0 Å². The predicted molar refractivity (Wildman–Crippen MR) is 116 cm³/mol. The monoisotopic (exact) mass is 414 g/mol. The van der Waals surface area contributed by atoms with E-state index in [-0.39, 0.29) is 11.2 Å². The lowest BCUT2D eigenvalue weighted by Gasteiger charge is -2.26. The number of amides is 1. The summed E-state index contributed by atoms with van der Waals surface area (Å²) < 4.78 is 5.44. The molecular formula is C22H30N4O2S. The van der Waals surface area contributed by atoms with Crippen LogP contribution in [0.5, 0.6) is 0 Å². The molecule has 0 bridgehead atoms. The van der Waals surface area contributed by atoms with Gasteiger partial charge in [0.1, 0.15) is 10.9 Å². The molecule has 2 aliphatic rings. The van der Waals surface area contributed by atoms with Crippen LogP contribution < -0.4 is 5.32 Å². The first-order valence-electron chi connectivity index (χ1n) is 10.7. The van der Waals surface area contributed by atoms with Gasteiger partial charge in [0.25, 0.3) is 0 Å². The standard InChI is InChI=1S/C22H30N4O2S/c1-16(21(27)23-17-7-3-2-4-8-17)29-22-18-9-5-6-10-19(18)24-20(25-22)15-26-11-13-28-14-12-26/h5-6,9-10,16-17H,2-4,7-8,11-15H2,1H3,(H,23,27). The third-order valence-corrected chi connectivity index (χ3v) is 6.79. The molecule has 1 saturated heterocycles. The van der Waals surface area contributed by atoms with E-state index in [4.69, 9.17) is 14.7 Å². The maximum absolute atomic E-state index is 12.8. The SMILES string of the molecule is CC(Sc1nc(CN2CCOCC2)nc2ccccc12)C(=O)NC1CCCCC1. The third-order valence-electron chi connectivity index (χ3n) is 5.69. The number of thioether (sulfide) groups is 1. The highest BCUT2D eigenvalue weighted by molar-refractivity contribution is 8.00. The molecule has 2 heterocycles. The summed E-state index contributed by atoms with van der Waals surface area (Å²) in [5.74, 6) is 0.923. The van der Waals surface area contributed by atoms with Crippen LogP contribution in [0.3, 0.4) is 0 Å². The van der Waals surface area contributed by atoms with Crippen molar-refractivity contribution in [3.8, 4) is 0 Å². The maximum atomic E-state index is 12.8. The Morgan fingerprint density at radius 1 is 1.21 bits per heavy atom. The van der Waals surface area contributed by atoms with Gasteiger partial charge in [-0.2, -0.15) is 0 Å². The van der Waals surface area contributed by atoms with Gasteiger partial charge in [-0.1, -0.05) is 49.2 Å². The molecule has 1 aliphatic heterocycles. The van der Waals surface area contributed by atoms with Crippen molar-refractivity contribution in [2.45, 2.75) is 61.9 Å². The van der Waals surface area contributed by atoms with Crippen LogP contribution >= 0.6 is 11.8 Å². The Morgan fingerprint density at radius 2 is 1.97 bits per heavy atom. The molecule has 6 nitrogen and oxygen atoms in total. The summed E-state index contributed by atoms with van der Waals surface area (Å²) in [6, 6.07) is 8.41. The molecule has 1 aromatic heterocycles. The molecule has 0 radical (unpaired) electrons. The fraction of sp³-hybridized carbons (Fsp3) is 0.591. The van der Waals surface area contributed by atoms with E-state index >= 15 is 0 Å². The third kappa shape index (κ3) is 5.47. The van der Waals surface area contributed by atoms with Crippen molar-refractivity contribution in [3.63, 3.8) is 0 Å². The van der Waals surface area contributed by atoms with Gasteiger partial charge in [-0.25, -0.2) is 9.97 Å². The Hall–Kier alpha value is -1.70. The first-order chi connectivity index (χ1) is 14.2. The zero-order chi connectivity index (χ0) is 20.1. The lowest BCUT2D eigenvalue weighted by Crippen LogP contribution is -2.40. The second-order valence-corrected chi connectivity index (χ2v) is 9.28. The van der Waals surface area contributed by atoms with Gasteiger partial charge in [0, 0.05) is 24.5 Å². The van der Waals surface area contributed by atoms with E-state index in [2.05, 4.69) is 10.2 Å². The predicted octanol–water partition coefficient (Wildman–Crippen LogP) is 3.39. The van der Waals surface area contributed by atoms with Crippen LogP contribution in [0.25, 0.3) is 10.9 Å². The maximum Gasteiger partial charge on any atom is 0.233 e. The van der Waals surface area contributed by atoms with Crippen LogP contribution in [0.2, 0.25) is 0 Å². The summed E-state index contributed by atoms with van der Waals surface area (Å²) in [7, 11) is 0. The number of nitrogens with one attached hydrogen (secondary N) is 1. The number of nitrogens with zero attached hydrogens (tertiary/aromatic N) is 3. The molecule has 1 aliphatic carbocycles. The first-order valence-corrected chi connectivity index (χ1v) is 11.6. The second-order valence-electron chi connectivity index (χ2n) is 7.95. The van der Waals surface area contributed by atoms with Crippen molar-refractivity contribution in [2.75, 3.05) is 26.3 Å². The van der Waals surface area contributed by atoms with Crippen LogP contribution in [0.15, 0.2) is 29.3 Å². The van der Waals surface area contributed by atoms with Crippen molar-refractivity contribution < 1.29 is 9.53 Å². The van der Waals surface area contributed by atoms with Crippen LogP contribution in [-0.4, -0.2) is 58.4 Å². The molecule has 1 unspecified atom stereocenters. The molecule has 4 rings (SSSR count). The summed E-state index contributed by atoms with van der Waals surface area (Å²) in [5, 5.41) is 4.96. The van der Waals surface area contributed by atoms with Gasteiger partial charge < -0.3 is 10.1 Å². The molecule has 1 amide bonds. The van der Waals surface area contributed by atoms with Gasteiger partial charge in [-0.15, -0.1) is 0 Å². The van der Waals surface area contributed by atoms with E-state index in [1.807, 2.05) is 31.2 Å². The Morgan fingerprint density at radius 3 is 2.76 bits per heavy atom. The lowest BCUT2D eigenvalue weighted by molar-refractivity contribution is -0.121. The van der Waals surface area contributed by atoms with Crippen molar-refractivity contribution in [2.24, 2.45) is 0 Å². The zero-order valence-corrected chi connectivity index (χ0v) is 17.9. The summed E-state index contributed by atoms with van der Waals surface area (Å²) in [4.78, 5) is 24.7. The van der Waals surface area contributed by atoms with Gasteiger partial charge in [0.05, 0.1) is 30.5 Å². The molecule has 1 saturated carbocycles. The molecule has 1 N–H and O–H groups in total. The number of benzene rings is 1. The van der Waals surface area contributed by atoms with E-state index in [9.17, 15) is 4.79 Å². The molecule has 2 aromatic rings. The number of carbonyl (C=O) groups is 1. The second kappa shape index (κ2) is 9.87. The summed E-state index contributed by atoms with van der Waals surface area (Å²) in [6.07, 6.45) is 5.92. The summed E-state index contributed by atoms with van der Waals surface area (Å²) >= 11 is 1.54. The minimum absolute atomic E-state index is 0.110. The van der Waals surface area contributed by atoms with Crippen molar-refractivity contribution in [1.29, 1.82) is 0 Å². The smallest absolute Gasteiger partial charge is 0.233 e. The van der Waals surface area contributed by atoms with Gasteiger partial charge in [-0.3, -0.25) is 9.69 Å². The topological polar surface area (TPSA) is 67.3 Å². The molecule has 29 heavy (non-hydrogen) atoms. The highest BCUT2D eigenvalue weighted by atomic mass is 32.2. The van der Waals surface area contributed by atoms with Gasteiger partial charge in [0.2, 0.25) is 5.91 Å². The zero-order valence-electron chi connectivity index (χ0n) is 17.1. The van der Waals surface area contributed by atoms with Crippen LogP contribution in [0.1, 0.15) is 44.9 Å². The fourth-order valence-corrected chi connectivity index (χ4v) is 4.97. The molecule has 2 fully saturated rings. The number of fused-ring (bicyclic) bond motifs is 1. The number of hydrogen-bond donors (Lipinski definition) is 1. The van der Waals surface area contributed by atoms with Crippen LogP contribution in [-0.2, 0) is 16.1 Å². The van der Waals surface area contributed by atoms with E-state index in [1.54, 1.807) is 0 Å². The van der Waals surface area contributed by atoms with Gasteiger partial charge in [0.15, 0.2) is 0 Å². The van der Waals surface area contributed by atoms with Crippen LogP contribution in [0.4, 0.5) is 0 Å². The Kier molecular flexibility index (Phi) is 7.00. The number of morpholine rings is 1. The molecule has 1 atom stereocenters. The summed E-state index contributed by atoms with van der Waals surface area (Å²) in [6.45, 7) is 6.00. The Balaban J connectivity index is 1.49. The quantitative estimate of drug-likeness (QED) is 0.577. The largest absolute Gasteiger partial charge is 0.379 e. The highest BCUT2D eigenvalue weighted by Crippen LogP contribution is 2.29. The molecule has 1 aromatic carbocycles. The fourth-order valence-electron chi connectivity index (χ4n) is 4.00. The number of aromatic nitrogens is 2. The summed E-state index contributed by atoms with van der Waals surface area (Å²) in [5.41, 5.74) is 0.938. The number of para-hydroxylation sites is 1. The first kappa shape index (κ1) is 20.6. The minimum Gasteiger partial charge on any atom is -0.379 e. The number of ether oxygens (including phenoxy) is 1. The van der Waals surface area contributed by atoms with Crippen molar-refractivity contribution in [3.05, 3.63) is 30.1 Å². The number of rotatable bonds is 6. The molecule has 156 valence electrons. The molecule has 7 heteroatoms. The Labute approximate surface area is 176 Å². The normalized spacial score (nSPS) is 19.9. The van der Waals surface area contributed by atoms with Gasteiger partial charge >= 0.3 is 0 Å². The van der Waals surface area contributed by atoms with Crippen molar-refractivity contribution in [1.82, 2.24) is 20.2 Å². The van der Waals surface area contributed by atoms with Gasteiger partial charge in [-0.05, 0) is 25.8 Å². The van der Waals surface area contributed by atoms with E-state index in [0.29, 0.717) is 12.6 Å². The number of hydrogen-bond acceptors (Lipinski definition) is 6. The van der Waals surface area contributed by atoms with Crippen molar-refractivity contribution >= 4 is 28.6 Å². The van der Waals surface area contributed by atoms with E-state index in [0.717, 1.165) is 60.9 Å². The average Bonchev–Trinajstić information content (AvgIpc) is 2.75. The minimum atomic E-state index is -0.188. The average molecular weight is 415 g/mol. The highest BCUT2D eigenvalue weighted by Gasteiger charge is 2.22. The lowest BCUT2D eigenvalue weighted by atomic mass is 9.95. The van der Waals surface area contributed by atoms with E-state index < -0.39 is 0 Å².